The molecule has 4 rings (SSSR count). The van der Waals surface area contributed by atoms with Gasteiger partial charge in [-0.2, -0.15) is 0 Å². The summed E-state index contributed by atoms with van der Waals surface area (Å²) in [5.74, 6) is -0.750. The number of aromatic nitrogens is 2. The zero-order valence-electron chi connectivity index (χ0n) is 18.5. The van der Waals surface area contributed by atoms with Gasteiger partial charge in [0.05, 0.1) is 23.7 Å². The molecule has 0 radical (unpaired) electrons. The number of rotatable bonds is 6. The van der Waals surface area contributed by atoms with E-state index >= 15 is 0 Å². The number of nitrogens with zero attached hydrogens (tertiary/aromatic N) is 2. The van der Waals surface area contributed by atoms with Crippen molar-refractivity contribution in [2.24, 2.45) is 0 Å². The first-order valence-electron chi connectivity index (χ1n) is 10.4. The van der Waals surface area contributed by atoms with Gasteiger partial charge in [0.15, 0.2) is 0 Å². The number of nitrogens with one attached hydrogen (secondary N) is 2. The van der Waals surface area contributed by atoms with Crippen molar-refractivity contribution in [1.82, 2.24) is 9.55 Å². The maximum Gasteiger partial charge on any atom is 0.261 e. The summed E-state index contributed by atoms with van der Waals surface area (Å²) in [6.07, 6.45) is 0. The summed E-state index contributed by atoms with van der Waals surface area (Å²) >= 11 is 0. The van der Waals surface area contributed by atoms with Gasteiger partial charge in [0, 0.05) is 11.3 Å². The Bertz CT molecular complexity index is 1470. The van der Waals surface area contributed by atoms with E-state index in [4.69, 9.17) is 4.74 Å². The van der Waals surface area contributed by atoms with E-state index in [1.807, 2.05) is 0 Å². The third-order valence-electron chi connectivity index (χ3n) is 5.17. The number of methoxy groups -OCH3 is 1. The number of carbonyl (C=O) groups is 2. The van der Waals surface area contributed by atoms with Gasteiger partial charge < -0.3 is 15.4 Å². The summed E-state index contributed by atoms with van der Waals surface area (Å²) in [5.41, 5.74) is 1.05. The molecular weight excluding hydrogens is 439 g/mol. The Labute approximate surface area is 194 Å². The zero-order valence-corrected chi connectivity index (χ0v) is 18.5. The van der Waals surface area contributed by atoms with E-state index in [0.717, 1.165) is 6.07 Å². The van der Waals surface area contributed by atoms with Crippen LogP contribution in [0.3, 0.4) is 0 Å². The number of benzene rings is 3. The predicted octanol–water partition coefficient (Wildman–Crippen LogP) is 3.74. The molecule has 172 valence electrons. The van der Waals surface area contributed by atoms with Gasteiger partial charge in [-0.15, -0.1) is 0 Å². The van der Waals surface area contributed by atoms with E-state index in [1.54, 1.807) is 43.3 Å². The Hall–Kier alpha value is -4.53. The molecule has 2 N–H and O–H groups in total. The second-order valence-electron chi connectivity index (χ2n) is 7.50. The van der Waals surface area contributed by atoms with E-state index in [2.05, 4.69) is 15.6 Å². The molecule has 0 unspecified atom stereocenters. The molecule has 0 aliphatic carbocycles. The minimum Gasteiger partial charge on any atom is -0.495 e. The van der Waals surface area contributed by atoms with E-state index in [1.165, 1.54) is 35.9 Å². The number of anilines is 2. The highest BCUT2D eigenvalue weighted by Crippen LogP contribution is 2.28. The van der Waals surface area contributed by atoms with Crippen molar-refractivity contribution in [2.75, 3.05) is 17.7 Å². The number of halogens is 1. The molecule has 1 aromatic heterocycles. The van der Waals surface area contributed by atoms with E-state index in [-0.39, 0.29) is 23.4 Å². The van der Waals surface area contributed by atoms with Gasteiger partial charge >= 0.3 is 0 Å². The molecule has 9 heteroatoms. The lowest BCUT2D eigenvalue weighted by Crippen LogP contribution is -2.30. The Balaban J connectivity index is 1.54. The molecule has 4 aromatic rings. The Morgan fingerprint density at radius 3 is 2.59 bits per heavy atom. The molecule has 0 aliphatic heterocycles. The summed E-state index contributed by atoms with van der Waals surface area (Å²) in [6, 6.07) is 16.9. The molecule has 1 heterocycles. The minimum absolute atomic E-state index is 0.134. The smallest absolute Gasteiger partial charge is 0.261 e. The molecule has 0 fully saturated rings. The molecule has 2 amide bonds. The number of fused-ring (bicyclic) bond motifs is 1. The van der Waals surface area contributed by atoms with Crippen molar-refractivity contribution in [1.29, 1.82) is 0 Å². The standard InChI is InChI=1S/C25H21FN4O4/c1-15-27-20-9-4-3-8-19(20)25(33)30(15)14-23(31)28-18-10-11-22(34-2)21(13-18)29-24(32)16-6-5-7-17(26)12-16/h3-13H,14H2,1-2H3,(H,28,31)(H,29,32). The highest BCUT2D eigenvalue weighted by molar-refractivity contribution is 6.05. The van der Waals surface area contributed by atoms with Gasteiger partial charge in [-0.3, -0.25) is 19.0 Å². The molecule has 0 aliphatic rings. The summed E-state index contributed by atoms with van der Waals surface area (Å²) in [7, 11) is 1.44. The number of aryl methyl sites for hydroxylation is 1. The summed E-state index contributed by atoms with van der Waals surface area (Å²) in [4.78, 5) is 42.4. The van der Waals surface area contributed by atoms with E-state index in [9.17, 15) is 18.8 Å². The van der Waals surface area contributed by atoms with Crippen LogP contribution in [0.15, 0.2) is 71.5 Å². The van der Waals surface area contributed by atoms with Crippen LogP contribution >= 0.6 is 0 Å². The van der Waals surface area contributed by atoms with Crippen LogP contribution in [0.5, 0.6) is 5.75 Å². The number of hydrogen-bond acceptors (Lipinski definition) is 5. The third kappa shape index (κ3) is 4.78. The fourth-order valence-corrected chi connectivity index (χ4v) is 3.52. The first kappa shape index (κ1) is 22.7. The van der Waals surface area contributed by atoms with Crippen molar-refractivity contribution < 1.29 is 18.7 Å². The highest BCUT2D eigenvalue weighted by atomic mass is 19.1. The zero-order chi connectivity index (χ0) is 24.2. The molecule has 8 nitrogen and oxygen atoms in total. The fourth-order valence-electron chi connectivity index (χ4n) is 3.52. The van der Waals surface area contributed by atoms with Crippen molar-refractivity contribution in [3.8, 4) is 5.75 Å². The largest absolute Gasteiger partial charge is 0.495 e. The Morgan fingerprint density at radius 1 is 1.03 bits per heavy atom. The number of amides is 2. The van der Waals surface area contributed by atoms with Gasteiger partial charge in [0.2, 0.25) is 5.91 Å². The van der Waals surface area contributed by atoms with Crippen molar-refractivity contribution in [3.63, 3.8) is 0 Å². The molecule has 34 heavy (non-hydrogen) atoms. The van der Waals surface area contributed by atoms with E-state index < -0.39 is 17.6 Å². The van der Waals surface area contributed by atoms with Crippen LogP contribution in [0.4, 0.5) is 15.8 Å². The van der Waals surface area contributed by atoms with Crippen LogP contribution in [-0.4, -0.2) is 28.5 Å². The van der Waals surface area contributed by atoms with Crippen molar-refractivity contribution >= 4 is 34.1 Å². The minimum atomic E-state index is -0.536. The highest BCUT2D eigenvalue weighted by Gasteiger charge is 2.14. The number of para-hydroxylation sites is 1. The quantitative estimate of drug-likeness (QED) is 0.456. The summed E-state index contributed by atoms with van der Waals surface area (Å²) in [6.45, 7) is 1.42. The van der Waals surface area contributed by atoms with Gasteiger partial charge in [0.25, 0.3) is 11.5 Å². The number of ether oxygens (including phenoxy) is 1. The lowest BCUT2D eigenvalue weighted by molar-refractivity contribution is -0.116. The Kier molecular flexibility index (Phi) is 6.35. The maximum absolute atomic E-state index is 13.5. The second-order valence-corrected chi connectivity index (χ2v) is 7.50. The monoisotopic (exact) mass is 460 g/mol. The van der Waals surface area contributed by atoms with Crippen molar-refractivity contribution in [2.45, 2.75) is 13.5 Å². The maximum atomic E-state index is 13.5. The van der Waals surface area contributed by atoms with Crippen LogP contribution in [0.1, 0.15) is 16.2 Å². The molecule has 0 saturated heterocycles. The summed E-state index contributed by atoms with van der Waals surface area (Å²) < 4.78 is 20.0. The SMILES string of the molecule is COc1ccc(NC(=O)Cn2c(C)nc3ccccc3c2=O)cc1NC(=O)c1cccc(F)c1. The van der Waals surface area contributed by atoms with Gasteiger partial charge in [0.1, 0.15) is 23.9 Å². The second kappa shape index (κ2) is 9.53. The Morgan fingerprint density at radius 2 is 1.82 bits per heavy atom. The van der Waals surface area contributed by atoms with Crippen LogP contribution in [0.2, 0.25) is 0 Å². The molecule has 0 atom stereocenters. The van der Waals surface area contributed by atoms with Crippen LogP contribution < -0.4 is 20.9 Å². The topological polar surface area (TPSA) is 102 Å². The molecule has 0 bridgehead atoms. The van der Waals surface area contributed by atoms with Crippen LogP contribution in [-0.2, 0) is 11.3 Å². The predicted molar refractivity (Wildman–Crippen MR) is 127 cm³/mol. The fraction of sp³-hybridized carbons (Fsp3) is 0.120. The van der Waals surface area contributed by atoms with Gasteiger partial charge in [-0.05, 0) is 55.5 Å². The number of carbonyl (C=O) groups excluding carboxylic acids is 2. The average molecular weight is 460 g/mol. The average Bonchev–Trinajstić information content (AvgIpc) is 2.82. The molecular formula is C25H21FN4O4. The number of hydrogen-bond donors (Lipinski definition) is 2. The van der Waals surface area contributed by atoms with Crippen LogP contribution in [0, 0.1) is 12.7 Å². The normalized spacial score (nSPS) is 10.7. The van der Waals surface area contributed by atoms with Crippen LogP contribution in [0.25, 0.3) is 10.9 Å². The summed E-state index contributed by atoms with van der Waals surface area (Å²) in [5, 5.41) is 5.80. The molecule has 0 spiro atoms. The van der Waals surface area contributed by atoms with Gasteiger partial charge in [-0.1, -0.05) is 18.2 Å². The lowest BCUT2D eigenvalue weighted by atomic mass is 10.2. The van der Waals surface area contributed by atoms with E-state index in [0.29, 0.717) is 28.2 Å². The first-order valence-corrected chi connectivity index (χ1v) is 10.4. The van der Waals surface area contributed by atoms with Gasteiger partial charge in [-0.25, -0.2) is 9.37 Å². The lowest BCUT2D eigenvalue weighted by Gasteiger charge is -2.14. The van der Waals surface area contributed by atoms with Crippen molar-refractivity contribution in [3.05, 3.63) is 94.3 Å². The first-order chi connectivity index (χ1) is 16.4. The third-order valence-corrected chi connectivity index (χ3v) is 5.17. The molecule has 3 aromatic carbocycles. The molecule has 0 saturated carbocycles.